The van der Waals surface area contributed by atoms with Crippen molar-refractivity contribution in [3.8, 4) is 0 Å². The number of ether oxygens (including phenoxy) is 1. The highest BCUT2D eigenvalue weighted by molar-refractivity contribution is 5.78. The van der Waals surface area contributed by atoms with Crippen molar-refractivity contribution in [2.24, 2.45) is 5.92 Å². The van der Waals surface area contributed by atoms with Crippen molar-refractivity contribution < 1.29 is 22.7 Å². The molecule has 2 atom stereocenters. The number of halogens is 3. The molecule has 2 nitrogen and oxygen atoms in total. The largest absolute Gasteiger partial charge is 0.522 e. The molecule has 0 N–H and O–H groups in total. The third-order valence-corrected chi connectivity index (χ3v) is 2.26. The van der Waals surface area contributed by atoms with Crippen LogP contribution < -0.4 is 0 Å². The highest BCUT2D eigenvalue weighted by Crippen LogP contribution is 2.32. The highest BCUT2D eigenvalue weighted by Gasteiger charge is 2.38. The van der Waals surface area contributed by atoms with Gasteiger partial charge < -0.3 is 0 Å². The van der Waals surface area contributed by atoms with E-state index in [1.165, 1.54) is 6.92 Å². The molecule has 1 saturated carbocycles. The van der Waals surface area contributed by atoms with Crippen molar-refractivity contribution in [2.75, 3.05) is 0 Å². The van der Waals surface area contributed by atoms with Gasteiger partial charge in [-0.3, -0.25) is 9.53 Å². The Bertz CT molecular complexity index is 200. The van der Waals surface area contributed by atoms with Gasteiger partial charge in [0.05, 0.1) is 6.10 Å². The summed E-state index contributed by atoms with van der Waals surface area (Å²) in [6.45, 7) is 1.40. The first-order valence-electron chi connectivity index (χ1n) is 4.13. The number of ketones is 1. The molecule has 5 heteroatoms. The Balaban J connectivity index is 2.38. The number of alkyl halides is 3. The Kier molecular flexibility index (Phi) is 2.95. The lowest BCUT2D eigenvalue weighted by molar-refractivity contribution is -0.341. The fourth-order valence-electron chi connectivity index (χ4n) is 1.61. The number of rotatable bonds is 2. The van der Waals surface area contributed by atoms with E-state index in [0.29, 0.717) is 12.8 Å². The third-order valence-electron chi connectivity index (χ3n) is 2.26. The third kappa shape index (κ3) is 3.34. The normalized spacial score (nSPS) is 29.2. The van der Waals surface area contributed by atoms with Crippen LogP contribution in [-0.2, 0) is 9.53 Å². The van der Waals surface area contributed by atoms with Gasteiger partial charge in [0.1, 0.15) is 5.78 Å². The predicted octanol–water partition coefficient (Wildman–Crippen LogP) is 2.28. The van der Waals surface area contributed by atoms with Crippen molar-refractivity contribution >= 4 is 5.78 Å². The Morgan fingerprint density at radius 2 is 2.00 bits per heavy atom. The molecule has 1 aliphatic carbocycles. The van der Waals surface area contributed by atoms with Crippen molar-refractivity contribution in [3.63, 3.8) is 0 Å². The lowest BCUT2D eigenvalue weighted by Gasteiger charge is -2.13. The van der Waals surface area contributed by atoms with Crippen molar-refractivity contribution in [3.05, 3.63) is 0 Å². The molecule has 1 fully saturated rings. The van der Waals surface area contributed by atoms with Crippen LogP contribution in [0.2, 0.25) is 0 Å². The minimum absolute atomic E-state index is 0.0479. The Morgan fingerprint density at radius 1 is 1.38 bits per heavy atom. The average Bonchev–Trinajstić information content (AvgIpc) is 2.31. The molecule has 0 bridgehead atoms. The van der Waals surface area contributed by atoms with E-state index < -0.39 is 12.5 Å². The van der Waals surface area contributed by atoms with Gasteiger partial charge in [-0.2, -0.15) is 0 Å². The fourth-order valence-corrected chi connectivity index (χ4v) is 1.61. The molecule has 0 spiro atoms. The Hall–Kier alpha value is -0.580. The average molecular weight is 196 g/mol. The van der Waals surface area contributed by atoms with E-state index in [4.69, 9.17) is 0 Å². The van der Waals surface area contributed by atoms with Crippen LogP contribution >= 0.6 is 0 Å². The summed E-state index contributed by atoms with van der Waals surface area (Å²) >= 11 is 0. The molecule has 1 rings (SSSR count). The molecule has 0 aliphatic heterocycles. The Labute approximate surface area is 74.1 Å². The quantitative estimate of drug-likeness (QED) is 0.677. The van der Waals surface area contributed by atoms with Gasteiger partial charge in [0, 0.05) is 5.92 Å². The van der Waals surface area contributed by atoms with Gasteiger partial charge in [0.25, 0.3) is 0 Å². The topological polar surface area (TPSA) is 26.3 Å². The molecular weight excluding hydrogens is 185 g/mol. The van der Waals surface area contributed by atoms with E-state index in [2.05, 4.69) is 4.74 Å². The summed E-state index contributed by atoms with van der Waals surface area (Å²) in [5.74, 6) is -0.291. The smallest absolute Gasteiger partial charge is 0.300 e. The molecule has 0 amide bonds. The molecule has 13 heavy (non-hydrogen) atoms. The van der Waals surface area contributed by atoms with Crippen LogP contribution in [-0.4, -0.2) is 18.2 Å². The first-order valence-corrected chi connectivity index (χ1v) is 4.13. The lowest BCUT2D eigenvalue weighted by Crippen LogP contribution is -2.22. The number of carbonyl (C=O) groups excluding carboxylic acids is 1. The van der Waals surface area contributed by atoms with Crippen LogP contribution in [0.25, 0.3) is 0 Å². The van der Waals surface area contributed by atoms with Gasteiger partial charge in [0.2, 0.25) is 0 Å². The van der Waals surface area contributed by atoms with E-state index in [1.54, 1.807) is 0 Å². The summed E-state index contributed by atoms with van der Waals surface area (Å²) in [6, 6.07) is 0. The molecule has 0 saturated heterocycles. The molecule has 0 radical (unpaired) electrons. The summed E-state index contributed by atoms with van der Waals surface area (Å²) in [5, 5.41) is 0. The molecule has 0 aromatic carbocycles. The Morgan fingerprint density at radius 3 is 2.38 bits per heavy atom. The van der Waals surface area contributed by atoms with Gasteiger partial charge in [-0.25, -0.2) is 0 Å². The van der Waals surface area contributed by atoms with Crippen molar-refractivity contribution in [1.82, 2.24) is 0 Å². The number of carbonyl (C=O) groups is 1. The maximum atomic E-state index is 11.7. The van der Waals surface area contributed by atoms with Gasteiger partial charge in [0.15, 0.2) is 0 Å². The van der Waals surface area contributed by atoms with Gasteiger partial charge >= 0.3 is 6.36 Å². The zero-order valence-corrected chi connectivity index (χ0v) is 7.23. The highest BCUT2D eigenvalue weighted by atomic mass is 19.4. The van der Waals surface area contributed by atoms with Crippen molar-refractivity contribution in [1.29, 1.82) is 0 Å². The number of Topliss-reactive ketones (excluding diaryl/α,β-unsaturated/α-hetero) is 1. The number of hydrogen-bond acceptors (Lipinski definition) is 2. The van der Waals surface area contributed by atoms with Crippen LogP contribution in [0.4, 0.5) is 13.2 Å². The molecule has 0 aromatic heterocycles. The van der Waals surface area contributed by atoms with Crippen molar-refractivity contribution in [2.45, 2.75) is 38.7 Å². The second-order valence-corrected chi connectivity index (χ2v) is 3.31. The van der Waals surface area contributed by atoms with Crippen LogP contribution in [0.1, 0.15) is 26.2 Å². The zero-order valence-electron chi connectivity index (χ0n) is 7.23. The maximum absolute atomic E-state index is 11.7. The van der Waals surface area contributed by atoms with E-state index in [-0.39, 0.29) is 18.1 Å². The molecule has 0 heterocycles. The maximum Gasteiger partial charge on any atom is 0.522 e. The first kappa shape index (κ1) is 10.5. The van der Waals surface area contributed by atoms with E-state index in [1.807, 2.05) is 0 Å². The minimum atomic E-state index is -4.57. The SMILES string of the molecule is CC(=O)C1CCC(OC(F)(F)F)C1. The van der Waals surface area contributed by atoms with E-state index in [9.17, 15) is 18.0 Å². The summed E-state index contributed by atoms with van der Waals surface area (Å²) in [4.78, 5) is 10.8. The summed E-state index contributed by atoms with van der Waals surface area (Å²) in [6.07, 6.45) is -4.36. The zero-order chi connectivity index (χ0) is 10.1. The molecule has 0 aromatic rings. The molecular formula is C8H11F3O2. The predicted molar refractivity (Wildman–Crippen MR) is 39.0 cm³/mol. The second kappa shape index (κ2) is 3.65. The number of hydrogen-bond donors (Lipinski definition) is 0. The monoisotopic (exact) mass is 196 g/mol. The molecule has 1 aliphatic rings. The van der Waals surface area contributed by atoms with Crippen LogP contribution in [0.3, 0.4) is 0 Å². The summed E-state index contributed by atoms with van der Waals surface area (Å²) in [7, 11) is 0. The second-order valence-electron chi connectivity index (χ2n) is 3.31. The van der Waals surface area contributed by atoms with Gasteiger partial charge in [-0.15, -0.1) is 13.2 Å². The van der Waals surface area contributed by atoms with Crippen LogP contribution in [0.15, 0.2) is 0 Å². The molecule has 2 unspecified atom stereocenters. The first-order chi connectivity index (χ1) is 5.88. The minimum Gasteiger partial charge on any atom is -0.300 e. The summed E-state index contributed by atoms with van der Waals surface area (Å²) in [5.41, 5.74) is 0. The standard InChI is InChI=1S/C8H11F3O2/c1-5(12)6-2-3-7(4-6)13-8(9,10)11/h6-7H,2-4H2,1H3. The van der Waals surface area contributed by atoms with Crippen LogP contribution in [0.5, 0.6) is 0 Å². The lowest BCUT2D eigenvalue weighted by atomic mass is 10.0. The fraction of sp³-hybridized carbons (Fsp3) is 0.875. The van der Waals surface area contributed by atoms with Gasteiger partial charge in [-0.05, 0) is 26.2 Å². The summed E-state index contributed by atoms with van der Waals surface area (Å²) < 4.78 is 39.0. The van der Waals surface area contributed by atoms with E-state index >= 15 is 0 Å². The van der Waals surface area contributed by atoms with Gasteiger partial charge in [-0.1, -0.05) is 0 Å². The van der Waals surface area contributed by atoms with E-state index in [0.717, 1.165) is 0 Å². The molecule has 76 valence electrons. The van der Waals surface area contributed by atoms with Crippen LogP contribution in [0, 0.1) is 5.92 Å².